The fourth-order valence-corrected chi connectivity index (χ4v) is 4.95. The Hall–Kier alpha value is -1.37. The second-order valence-corrected chi connectivity index (χ2v) is 7.55. The lowest BCUT2D eigenvalue weighted by atomic mass is 10.4. The van der Waals surface area contributed by atoms with Crippen molar-refractivity contribution >= 4 is 17.8 Å². The van der Waals surface area contributed by atoms with Gasteiger partial charge < -0.3 is 9.88 Å². The van der Waals surface area contributed by atoms with E-state index in [1.807, 2.05) is 67.7 Å². The van der Waals surface area contributed by atoms with Gasteiger partial charge in [0.15, 0.2) is 0 Å². The van der Waals surface area contributed by atoms with Crippen molar-refractivity contribution in [3.05, 3.63) is 60.7 Å². The minimum atomic E-state index is -2.49. The van der Waals surface area contributed by atoms with Gasteiger partial charge >= 0.3 is 0 Å². The van der Waals surface area contributed by atoms with Crippen LogP contribution in [0.25, 0.3) is 0 Å². The molecule has 0 aliphatic heterocycles. The lowest BCUT2D eigenvalue weighted by molar-refractivity contribution is 0.584. The van der Waals surface area contributed by atoms with Crippen molar-refractivity contribution in [2.45, 2.75) is 6.42 Å². The normalized spacial score (nSPS) is 11.4. The van der Waals surface area contributed by atoms with Crippen LogP contribution in [0.15, 0.2) is 60.7 Å². The molecule has 0 unspecified atom stereocenters. The highest BCUT2D eigenvalue weighted by Crippen LogP contribution is 2.43. The molecule has 0 saturated carbocycles. The van der Waals surface area contributed by atoms with Crippen molar-refractivity contribution < 1.29 is 4.57 Å². The van der Waals surface area contributed by atoms with Crippen molar-refractivity contribution in [1.82, 2.24) is 5.32 Å². The van der Waals surface area contributed by atoms with E-state index in [-0.39, 0.29) is 0 Å². The van der Waals surface area contributed by atoms with Gasteiger partial charge in [0.2, 0.25) is 0 Å². The Kier molecular flexibility index (Phi) is 4.95. The minimum absolute atomic E-state index is 0.710. The van der Waals surface area contributed by atoms with Gasteiger partial charge in [-0.1, -0.05) is 60.7 Å². The van der Waals surface area contributed by atoms with E-state index in [4.69, 9.17) is 0 Å². The van der Waals surface area contributed by atoms with Crippen molar-refractivity contribution in [1.29, 1.82) is 0 Å². The second kappa shape index (κ2) is 6.70. The van der Waals surface area contributed by atoms with E-state index >= 15 is 0 Å². The molecular formula is C16H20NOP. The molecule has 0 amide bonds. The van der Waals surface area contributed by atoms with Gasteiger partial charge in [0.25, 0.3) is 0 Å². The summed E-state index contributed by atoms with van der Waals surface area (Å²) in [5, 5.41) is 5.03. The maximum absolute atomic E-state index is 13.5. The van der Waals surface area contributed by atoms with E-state index in [0.29, 0.717) is 6.16 Å². The average Bonchev–Trinajstić information content (AvgIpc) is 2.49. The molecule has 0 atom stereocenters. The monoisotopic (exact) mass is 273 g/mol. The lowest BCUT2D eigenvalue weighted by Gasteiger charge is -2.19. The SMILES string of the molecule is CNCCCP(=O)(c1ccccc1)c1ccccc1. The summed E-state index contributed by atoms with van der Waals surface area (Å²) in [4.78, 5) is 0. The third-order valence-electron chi connectivity index (χ3n) is 3.25. The molecule has 0 aromatic heterocycles. The molecule has 0 aliphatic carbocycles. The number of nitrogens with one attached hydrogen (secondary N) is 1. The Bertz CT molecular complexity index is 496. The first-order valence-electron chi connectivity index (χ1n) is 6.62. The van der Waals surface area contributed by atoms with Gasteiger partial charge in [0.05, 0.1) is 0 Å². The van der Waals surface area contributed by atoms with Gasteiger partial charge in [0, 0.05) is 16.8 Å². The van der Waals surface area contributed by atoms with Crippen LogP contribution in [0.4, 0.5) is 0 Å². The standard InChI is InChI=1S/C16H20NOP/c1-17-13-8-14-19(18,15-9-4-2-5-10-15)16-11-6-3-7-12-16/h2-7,9-12,17H,8,13-14H2,1H3. The van der Waals surface area contributed by atoms with Gasteiger partial charge in [-0.15, -0.1) is 0 Å². The summed E-state index contributed by atoms with van der Waals surface area (Å²) in [7, 11) is -0.567. The van der Waals surface area contributed by atoms with Crippen LogP contribution < -0.4 is 15.9 Å². The number of rotatable bonds is 6. The highest BCUT2D eigenvalue weighted by molar-refractivity contribution is 7.78. The molecule has 0 bridgehead atoms. The molecule has 1 N–H and O–H groups in total. The zero-order valence-electron chi connectivity index (χ0n) is 11.3. The Morgan fingerprint density at radius 1 is 0.895 bits per heavy atom. The van der Waals surface area contributed by atoms with Crippen LogP contribution in [-0.4, -0.2) is 19.8 Å². The topological polar surface area (TPSA) is 29.1 Å². The van der Waals surface area contributed by atoms with Crippen molar-refractivity contribution in [2.24, 2.45) is 0 Å². The summed E-state index contributed by atoms with van der Waals surface area (Å²) in [6, 6.07) is 19.7. The van der Waals surface area contributed by atoms with Crippen molar-refractivity contribution in [3.63, 3.8) is 0 Å². The minimum Gasteiger partial charge on any atom is -0.320 e. The summed E-state index contributed by atoms with van der Waals surface area (Å²) in [5.74, 6) is 0. The molecule has 0 spiro atoms. The Morgan fingerprint density at radius 2 is 1.37 bits per heavy atom. The third-order valence-corrected chi connectivity index (χ3v) is 6.46. The molecule has 0 aliphatic rings. The maximum atomic E-state index is 13.5. The van der Waals surface area contributed by atoms with Gasteiger partial charge in [-0.3, -0.25) is 0 Å². The molecule has 2 aromatic carbocycles. The van der Waals surface area contributed by atoms with Crippen molar-refractivity contribution in [2.75, 3.05) is 19.8 Å². The first-order chi connectivity index (χ1) is 9.27. The van der Waals surface area contributed by atoms with Crippen LogP contribution in [0, 0.1) is 0 Å². The Morgan fingerprint density at radius 3 is 1.79 bits per heavy atom. The van der Waals surface area contributed by atoms with E-state index in [9.17, 15) is 4.57 Å². The molecular weight excluding hydrogens is 253 g/mol. The molecule has 0 radical (unpaired) electrons. The van der Waals surface area contributed by atoms with Gasteiger partial charge in [-0.25, -0.2) is 0 Å². The fourth-order valence-electron chi connectivity index (χ4n) is 2.22. The average molecular weight is 273 g/mol. The predicted molar refractivity (Wildman–Crippen MR) is 83.2 cm³/mol. The highest BCUT2D eigenvalue weighted by atomic mass is 31.2. The first kappa shape index (κ1) is 14.0. The zero-order chi connectivity index (χ0) is 13.6. The lowest BCUT2D eigenvalue weighted by Crippen LogP contribution is -2.20. The molecule has 0 fully saturated rings. The Balaban J connectivity index is 2.36. The number of hydrogen-bond acceptors (Lipinski definition) is 2. The van der Waals surface area contributed by atoms with Crippen LogP contribution in [-0.2, 0) is 4.57 Å². The van der Waals surface area contributed by atoms with E-state index in [1.54, 1.807) is 0 Å². The zero-order valence-corrected chi connectivity index (χ0v) is 12.1. The van der Waals surface area contributed by atoms with Crippen LogP contribution in [0.1, 0.15) is 6.42 Å². The molecule has 3 heteroatoms. The summed E-state index contributed by atoms with van der Waals surface area (Å²) in [6.45, 7) is 0.893. The van der Waals surface area contributed by atoms with Crippen molar-refractivity contribution in [3.8, 4) is 0 Å². The Labute approximate surface area is 115 Å². The maximum Gasteiger partial charge on any atom is 0.143 e. The number of hydrogen-bond donors (Lipinski definition) is 1. The van der Waals surface area contributed by atoms with Crippen LogP contribution in [0.5, 0.6) is 0 Å². The molecule has 19 heavy (non-hydrogen) atoms. The largest absolute Gasteiger partial charge is 0.320 e. The number of benzene rings is 2. The fraction of sp³-hybridized carbons (Fsp3) is 0.250. The van der Waals surface area contributed by atoms with Crippen LogP contribution >= 0.6 is 7.14 Å². The van der Waals surface area contributed by atoms with Gasteiger partial charge in [-0.2, -0.15) is 0 Å². The highest BCUT2D eigenvalue weighted by Gasteiger charge is 2.25. The summed E-state index contributed by atoms with van der Waals surface area (Å²) < 4.78 is 13.5. The predicted octanol–water partition coefficient (Wildman–Crippen LogP) is 2.61. The first-order valence-corrected chi connectivity index (χ1v) is 8.51. The van der Waals surface area contributed by atoms with Gasteiger partial charge in [0.1, 0.15) is 7.14 Å². The molecule has 2 rings (SSSR count). The third kappa shape index (κ3) is 3.34. The molecule has 0 heterocycles. The quantitative estimate of drug-likeness (QED) is 0.647. The van der Waals surface area contributed by atoms with Crippen LogP contribution in [0.3, 0.4) is 0 Å². The molecule has 100 valence electrons. The van der Waals surface area contributed by atoms with E-state index in [0.717, 1.165) is 23.6 Å². The summed E-state index contributed by atoms with van der Waals surface area (Å²) in [5.41, 5.74) is 0. The summed E-state index contributed by atoms with van der Waals surface area (Å²) in [6.07, 6.45) is 1.62. The van der Waals surface area contributed by atoms with E-state index in [2.05, 4.69) is 5.32 Å². The smallest absolute Gasteiger partial charge is 0.143 e. The van der Waals surface area contributed by atoms with E-state index in [1.165, 1.54) is 0 Å². The molecule has 2 nitrogen and oxygen atoms in total. The second-order valence-electron chi connectivity index (χ2n) is 4.59. The summed E-state index contributed by atoms with van der Waals surface area (Å²) >= 11 is 0. The molecule has 2 aromatic rings. The van der Waals surface area contributed by atoms with E-state index < -0.39 is 7.14 Å². The molecule has 0 saturated heterocycles. The van der Waals surface area contributed by atoms with Crippen LogP contribution in [0.2, 0.25) is 0 Å². The van der Waals surface area contributed by atoms with Gasteiger partial charge in [-0.05, 0) is 20.0 Å².